The number of hydrogen-bond acceptors (Lipinski definition) is 7. The maximum Gasteiger partial charge on any atom is 0.146 e. The molecule has 2 aliphatic heterocycles. The summed E-state index contributed by atoms with van der Waals surface area (Å²) >= 11 is 0. The number of hydrogen-bond donors (Lipinski definition) is 1. The van der Waals surface area contributed by atoms with Crippen LogP contribution in [0.3, 0.4) is 0 Å². The van der Waals surface area contributed by atoms with Gasteiger partial charge in [0.2, 0.25) is 0 Å². The molecule has 1 saturated carbocycles. The van der Waals surface area contributed by atoms with Gasteiger partial charge >= 0.3 is 0 Å². The van der Waals surface area contributed by atoms with E-state index in [-0.39, 0.29) is 12.1 Å². The van der Waals surface area contributed by atoms with E-state index >= 15 is 0 Å². The van der Waals surface area contributed by atoms with Crippen LogP contribution in [0, 0.1) is 5.92 Å². The number of aromatic nitrogens is 3. The zero-order valence-electron chi connectivity index (χ0n) is 22.9. The van der Waals surface area contributed by atoms with E-state index in [0.717, 1.165) is 86.1 Å². The standard InChI is InChI=1S/C32H36N6O2/c1-36-11-12-37(17-26(36)19-39)16-21-13-25(14-21)38-18-27(30-31(33)34-20-35-32(30)38)24-8-7-23-9-10-28(40-29(23)15-24)22-5-3-2-4-6-22/h2-8,15,18-21,25-26,28H,9-14,16-17H2,1H3,(H2,33,34,35). The van der Waals surface area contributed by atoms with Crippen LogP contribution in [-0.4, -0.2) is 69.9 Å². The number of carbonyl (C=O) groups excluding carboxylic acids is 1. The van der Waals surface area contributed by atoms with Crippen LogP contribution < -0.4 is 10.5 Å². The predicted molar refractivity (Wildman–Crippen MR) is 156 cm³/mol. The summed E-state index contributed by atoms with van der Waals surface area (Å²) in [5.41, 5.74) is 11.9. The van der Waals surface area contributed by atoms with Gasteiger partial charge in [0.1, 0.15) is 35.9 Å². The van der Waals surface area contributed by atoms with E-state index in [9.17, 15) is 4.79 Å². The lowest BCUT2D eigenvalue weighted by Gasteiger charge is -2.43. The van der Waals surface area contributed by atoms with Gasteiger partial charge in [0, 0.05) is 44.0 Å². The molecule has 2 fully saturated rings. The first-order chi connectivity index (χ1) is 19.6. The summed E-state index contributed by atoms with van der Waals surface area (Å²) in [7, 11) is 2.04. The number of nitrogens with zero attached hydrogens (tertiary/aromatic N) is 5. The molecule has 2 N–H and O–H groups in total. The number of nitrogen functional groups attached to an aromatic ring is 1. The molecular formula is C32H36N6O2. The third kappa shape index (κ3) is 4.55. The summed E-state index contributed by atoms with van der Waals surface area (Å²) in [5.74, 6) is 2.07. The largest absolute Gasteiger partial charge is 0.485 e. The Labute approximate surface area is 234 Å². The molecule has 4 aromatic rings. The van der Waals surface area contributed by atoms with Gasteiger partial charge in [-0.1, -0.05) is 42.5 Å². The maximum atomic E-state index is 11.5. The number of likely N-dealkylation sites (N-methyl/N-ethyl adjacent to an activating group) is 1. The fraction of sp³-hybridized carbons (Fsp3) is 0.406. The Bertz CT molecular complexity index is 1530. The smallest absolute Gasteiger partial charge is 0.146 e. The number of benzene rings is 2. The summed E-state index contributed by atoms with van der Waals surface area (Å²) in [6, 6.07) is 17.4. The predicted octanol–water partition coefficient (Wildman–Crippen LogP) is 4.51. The van der Waals surface area contributed by atoms with Crippen molar-refractivity contribution >= 4 is 23.1 Å². The van der Waals surface area contributed by atoms with Crippen molar-refractivity contribution in [3.8, 4) is 16.9 Å². The van der Waals surface area contributed by atoms with Gasteiger partial charge in [-0.2, -0.15) is 0 Å². The Hall–Kier alpha value is -3.75. The number of rotatable bonds is 6. The number of carbonyl (C=O) groups is 1. The highest BCUT2D eigenvalue weighted by molar-refractivity contribution is 6.00. The van der Waals surface area contributed by atoms with Crippen molar-refractivity contribution in [3.63, 3.8) is 0 Å². The third-order valence-corrected chi connectivity index (χ3v) is 9.19. The number of piperazine rings is 1. The quantitative estimate of drug-likeness (QED) is 0.363. The van der Waals surface area contributed by atoms with Crippen LogP contribution in [0.2, 0.25) is 0 Å². The van der Waals surface area contributed by atoms with Gasteiger partial charge in [0.15, 0.2) is 0 Å². The number of aldehydes is 1. The number of aryl methyl sites for hydroxylation is 1. The second-order valence-electron chi connectivity index (χ2n) is 11.7. The van der Waals surface area contributed by atoms with Crippen LogP contribution >= 0.6 is 0 Å². The maximum absolute atomic E-state index is 11.5. The van der Waals surface area contributed by atoms with Crippen molar-refractivity contribution < 1.29 is 9.53 Å². The average molecular weight is 537 g/mol. The van der Waals surface area contributed by atoms with Crippen molar-refractivity contribution in [3.05, 3.63) is 72.2 Å². The molecule has 40 heavy (non-hydrogen) atoms. The van der Waals surface area contributed by atoms with Crippen LogP contribution in [0.5, 0.6) is 5.75 Å². The molecule has 7 rings (SSSR count). The minimum absolute atomic E-state index is 0.00354. The molecule has 0 radical (unpaired) electrons. The van der Waals surface area contributed by atoms with Gasteiger partial charge in [-0.25, -0.2) is 9.97 Å². The lowest BCUT2D eigenvalue weighted by Crippen LogP contribution is -2.53. The summed E-state index contributed by atoms with van der Waals surface area (Å²) in [4.78, 5) is 25.1. The summed E-state index contributed by atoms with van der Waals surface area (Å²) in [6.07, 6.45) is 9.09. The molecule has 1 aliphatic carbocycles. The van der Waals surface area contributed by atoms with Gasteiger partial charge < -0.3 is 19.8 Å². The molecular weight excluding hydrogens is 500 g/mol. The first-order valence-corrected chi connectivity index (χ1v) is 14.4. The SMILES string of the molecule is CN1CCN(CC2CC(n3cc(-c4ccc5c(c4)OC(c4ccccc4)CC5)c4c(N)ncnc43)C2)CC1C=O. The fourth-order valence-electron chi connectivity index (χ4n) is 6.76. The van der Waals surface area contributed by atoms with Crippen molar-refractivity contribution in [2.75, 3.05) is 39.0 Å². The lowest BCUT2D eigenvalue weighted by molar-refractivity contribution is -0.114. The molecule has 2 aromatic carbocycles. The van der Waals surface area contributed by atoms with Crippen LogP contribution in [0.1, 0.15) is 42.5 Å². The topological polar surface area (TPSA) is 89.5 Å². The minimum Gasteiger partial charge on any atom is -0.485 e. The molecule has 4 heterocycles. The van der Waals surface area contributed by atoms with Crippen molar-refractivity contribution in [1.29, 1.82) is 0 Å². The second kappa shape index (κ2) is 10.3. The van der Waals surface area contributed by atoms with Gasteiger partial charge in [-0.05, 0) is 61.4 Å². The molecule has 0 spiro atoms. The zero-order chi connectivity index (χ0) is 27.2. The van der Waals surface area contributed by atoms with Crippen molar-refractivity contribution in [1.82, 2.24) is 24.3 Å². The number of ether oxygens (including phenoxy) is 1. The summed E-state index contributed by atoms with van der Waals surface area (Å²) in [5, 5.41) is 0.911. The lowest BCUT2D eigenvalue weighted by atomic mass is 9.79. The van der Waals surface area contributed by atoms with E-state index < -0.39 is 0 Å². The molecule has 206 valence electrons. The van der Waals surface area contributed by atoms with Crippen molar-refractivity contribution in [2.24, 2.45) is 5.92 Å². The van der Waals surface area contributed by atoms with E-state index in [0.29, 0.717) is 17.8 Å². The van der Waals surface area contributed by atoms with Crippen LogP contribution in [0.15, 0.2) is 61.1 Å². The summed E-state index contributed by atoms with van der Waals surface area (Å²) in [6.45, 7) is 3.83. The Balaban J connectivity index is 1.13. The van der Waals surface area contributed by atoms with Crippen LogP contribution in [-0.2, 0) is 11.2 Å². The average Bonchev–Trinajstić information content (AvgIpc) is 3.36. The van der Waals surface area contributed by atoms with E-state index in [2.05, 4.69) is 73.0 Å². The molecule has 8 heteroatoms. The molecule has 2 atom stereocenters. The van der Waals surface area contributed by atoms with Gasteiger partial charge in [0.25, 0.3) is 0 Å². The minimum atomic E-state index is 0.00354. The molecule has 1 saturated heterocycles. The van der Waals surface area contributed by atoms with Gasteiger partial charge in [0.05, 0.1) is 11.4 Å². The van der Waals surface area contributed by atoms with Gasteiger partial charge in [-0.3, -0.25) is 9.80 Å². The highest BCUT2D eigenvalue weighted by atomic mass is 16.5. The van der Waals surface area contributed by atoms with Crippen LogP contribution in [0.4, 0.5) is 5.82 Å². The monoisotopic (exact) mass is 536 g/mol. The van der Waals surface area contributed by atoms with Crippen LogP contribution in [0.25, 0.3) is 22.2 Å². The highest BCUT2D eigenvalue weighted by Crippen LogP contribution is 2.44. The van der Waals surface area contributed by atoms with E-state index in [1.165, 1.54) is 11.1 Å². The molecule has 2 aromatic heterocycles. The first-order valence-electron chi connectivity index (χ1n) is 14.4. The Kier molecular flexibility index (Phi) is 6.52. The van der Waals surface area contributed by atoms with E-state index in [1.54, 1.807) is 6.33 Å². The number of nitrogens with two attached hydrogens (primary N) is 1. The molecule has 3 aliphatic rings. The normalized spacial score (nSPS) is 25.2. The third-order valence-electron chi connectivity index (χ3n) is 9.19. The van der Waals surface area contributed by atoms with E-state index in [1.807, 2.05) is 13.1 Å². The molecule has 2 unspecified atom stereocenters. The Morgan fingerprint density at radius 1 is 1.10 bits per heavy atom. The molecule has 0 bridgehead atoms. The van der Waals surface area contributed by atoms with Crippen molar-refractivity contribution in [2.45, 2.75) is 43.9 Å². The molecule has 0 amide bonds. The first kappa shape index (κ1) is 25.2. The van der Waals surface area contributed by atoms with E-state index in [4.69, 9.17) is 10.5 Å². The zero-order valence-corrected chi connectivity index (χ0v) is 22.9. The Morgan fingerprint density at radius 3 is 2.77 bits per heavy atom. The molecule has 8 nitrogen and oxygen atoms in total. The number of fused-ring (bicyclic) bond motifs is 2. The second-order valence-corrected chi connectivity index (χ2v) is 11.7. The highest BCUT2D eigenvalue weighted by Gasteiger charge is 2.35. The fourth-order valence-corrected chi connectivity index (χ4v) is 6.76. The number of anilines is 1. The summed E-state index contributed by atoms with van der Waals surface area (Å²) < 4.78 is 8.83. The Morgan fingerprint density at radius 2 is 1.95 bits per heavy atom. The van der Waals surface area contributed by atoms with Gasteiger partial charge in [-0.15, -0.1) is 0 Å².